The standard InChI is InChI=1S/C15H20N2O3/c1-2-20-12-8-5-6-10(13(12)18)14-16-15(19)11-7-3-4-9-17(11)14/h5-6,8,11,14,18H,2-4,7,9H2,1H3,(H,16,19)/t11-,14-/m1/s1. The SMILES string of the molecule is CCOc1cccc([C@@H]2NC(=O)[C@H]3CCCCN32)c1O. The summed E-state index contributed by atoms with van der Waals surface area (Å²) < 4.78 is 5.42. The third kappa shape index (κ3) is 2.12. The molecule has 108 valence electrons. The van der Waals surface area contributed by atoms with E-state index in [1.165, 1.54) is 0 Å². The minimum Gasteiger partial charge on any atom is -0.504 e. The molecule has 2 N–H and O–H groups in total. The number of para-hydroxylation sites is 1. The Balaban J connectivity index is 1.93. The van der Waals surface area contributed by atoms with E-state index in [4.69, 9.17) is 4.74 Å². The third-order valence-corrected chi connectivity index (χ3v) is 4.08. The van der Waals surface area contributed by atoms with Gasteiger partial charge in [-0.15, -0.1) is 0 Å². The molecule has 0 saturated carbocycles. The zero-order valence-corrected chi connectivity index (χ0v) is 11.6. The predicted octanol–water partition coefficient (Wildman–Crippen LogP) is 1.77. The molecular weight excluding hydrogens is 256 g/mol. The van der Waals surface area contributed by atoms with Crippen LogP contribution >= 0.6 is 0 Å². The van der Waals surface area contributed by atoms with Gasteiger partial charge >= 0.3 is 0 Å². The molecule has 0 spiro atoms. The lowest BCUT2D eigenvalue weighted by molar-refractivity contribution is -0.122. The smallest absolute Gasteiger partial charge is 0.238 e. The Kier molecular flexibility index (Phi) is 3.53. The number of benzene rings is 1. The van der Waals surface area contributed by atoms with E-state index in [0.717, 1.165) is 25.8 Å². The second-order valence-electron chi connectivity index (χ2n) is 5.29. The van der Waals surface area contributed by atoms with Crippen LogP contribution < -0.4 is 10.1 Å². The number of carbonyl (C=O) groups excluding carboxylic acids is 1. The molecule has 2 atom stereocenters. The molecule has 3 rings (SSSR count). The fourth-order valence-electron chi connectivity index (χ4n) is 3.15. The van der Waals surface area contributed by atoms with Gasteiger partial charge in [0.15, 0.2) is 11.5 Å². The molecule has 2 aliphatic heterocycles. The van der Waals surface area contributed by atoms with Crippen molar-refractivity contribution in [2.24, 2.45) is 0 Å². The van der Waals surface area contributed by atoms with Crippen molar-refractivity contribution >= 4 is 5.91 Å². The van der Waals surface area contributed by atoms with Gasteiger partial charge in [-0.3, -0.25) is 9.69 Å². The summed E-state index contributed by atoms with van der Waals surface area (Å²) in [6.45, 7) is 3.26. The number of phenols is 1. The van der Waals surface area contributed by atoms with Crippen molar-refractivity contribution in [3.63, 3.8) is 0 Å². The van der Waals surface area contributed by atoms with Gasteiger partial charge in [0.1, 0.15) is 6.17 Å². The zero-order valence-electron chi connectivity index (χ0n) is 11.6. The molecule has 20 heavy (non-hydrogen) atoms. The zero-order chi connectivity index (χ0) is 14.1. The van der Waals surface area contributed by atoms with Crippen LogP contribution in [0.3, 0.4) is 0 Å². The maximum Gasteiger partial charge on any atom is 0.238 e. The van der Waals surface area contributed by atoms with Crippen molar-refractivity contribution < 1.29 is 14.6 Å². The number of ether oxygens (including phenoxy) is 1. The molecule has 2 fully saturated rings. The monoisotopic (exact) mass is 276 g/mol. The second kappa shape index (κ2) is 5.32. The first-order valence-electron chi connectivity index (χ1n) is 7.23. The minimum atomic E-state index is -0.242. The van der Waals surface area contributed by atoms with Crippen LogP contribution in [0.1, 0.15) is 37.9 Å². The van der Waals surface area contributed by atoms with E-state index in [-0.39, 0.29) is 23.9 Å². The lowest BCUT2D eigenvalue weighted by Gasteiger charge is -2.31. The molecule has 0 radical (unpaired) electrons. The Morgan fingerprint density at radius 3 is 3.10 bits per heavy atom. The quantitative estimate of drug-likeness (QED) is 0.883. The van der Waals surface area contributed by atoms with E-state index >= 15 is 0 Å². The van der Waals surface area contributed by atoms with Crippen LogP contribution in [-0.4, -0.2) is 35.1 Å². The normalized spacial score (nSPS) is 26.1. The van der Waals surface area contributed by atoms with Crippen LogP contribution in [0.15, 0.2) is 18.2 Å². The van der Waals surface area contributed by atoms with Crippen molar-refractivity contribution in [2.75, 3.05) is 13.2 Å². The third-order valence-electron chi connectivity index (χ3n) is 4.08. The first-order chi connectivity index (χ1) is 9.72. The summed E-state index contributed by atoms with van der Waals surface area (Å²) in [4.78, 5) is 14.2. The van der Waals surface area contributed by atoms with Crippen LogP contribution in [-0.2, 0) is 4.79 Å². The first-order valence-corrected chi connectivity index (χ1v) is 7.23. The average Bonchev–Trinajstić information content (AvgIpc) is 2.79. The van der Waals surface area contributed by atoms with Crippen molar-refractivity contribution in [1.29, 1.82) is 0 Å². The van der Waals surface area contributed by atoms with Gasteiger partial charge in [-0.25, -0.2) is 0 Å². The summed E-state index contributed by atoms with van der Waals surface area (Å²) in [5.74, 6) is 0.668. The summed E-state index contributed by atoms with van der Waals surface area (Å²) in [6, 6.07) is 5.39. The lowest BCUT2D eigenvalue weighted by Crippen LogP contribution is -2.38. The minimum absolute atomic E-state index is 0.0519. The molecule has 2 heterocycles. The Morgan fingerprint density at radius 1 is 1.45 bits per heavy atom. The van der Waals surface area contributed by atoms with E-state index in [2.05, 4.69) is 10.2 Å². The maximum absolute atomic E-state index is 12.0. The molecule has 2 saturated heterocycles. The van der Waals surface area contributed by atoms with Gasteiger partial charge in [-0.2, -0.15) is 0 Å². The largest absolute Gasteiger partial charge is 0.504 e. The fourth-order valence-corrected chi connectivity index (χ4v) is 3.15. The van der Waals surface area contributed by atoms with Crippen molar-refractivity contribution in [3.05, 3.63) is 23.8 Å². The number of fused-ring (bicyclic) bond motifs is 1. The molecule has 0 aromatic heterocycles. The highest BCUT2D eigenvalue weighted by molar-refractivity contribution is 5.84. The van der Waals surface area contributed by atoms with E-state index < -0.39 is 0 Å². The Morgan fingerprint density at radius 2 is 2.30 bits per heavy atom. The molecule has 1 amide bonds. The number of phenolic OH excluding ortho intramolecular Hbond substituents is 1. The maximum atomic E-state index is 12.0. The number of hydrogen-bond donors (Lipinski definition) is 2. The van der Waals surface area contributed by atoms with Gasteiger partial charge in [0.2, 0.25) is 5.91 Å². The Bertz CT molecular complexity index is 518. The fraction of sp³-hybridized carbons (Fsp3) is 0.533. The number of aromatic hydroxyl groups is 1. The summed E-state index contributed by atoms with van der Waals surface area (Å²) >= 11 is 0. The van der Waals surface area contributed by atoms with E-state index in [0.29, 0.717) is 17.9 Å². The predicted molar refractivity (Wildman–Crippen MR) is 74.5 cm³/mol. The number of amides is 1. The van der Waals surface area contributed by atoms with Crippen LogP contribution in [0.25, 0.3) is 0 Å². The Labute approximate surface area is 118 Å². The molecule has 0 aliphatic carbocycles. The van der Waals surface area contributed by atoms with Crippen LogP contribution in [0, 0.1) is 0 Å². The lowest BCUT2D eigenvalue weighted by atomic mass is 10.0. The van der Waals surface area contributed by atoms with E-state index in [1.54, 1.807) is 6.07 Å². The second-order valence-corrected chi connectivity index (χ2v) is 5.29. The highest BCUT2D eigenvalue weighted by atomic mass is 16.5. The van der Waals surface area contributed by atoms with Gasteiger partial charge < -0.3 is 15.2 Å². The molecule has 1 aromatic carbocycles. The Hall–Kier alpha value is -1.75. The number of piperidine rings is 1. The average molecular weight is 276 g/mol. The summed E-state index contributed by atoms with van der Waals surface area (Å²) in [7, 11) is 0. The van der Waals surface area contributed by atoms with Crippen LogP contribution in [0.2, 0.25) is 0 Å². The van der Waals surface area contributed by atoms with Crippen molar-refractivity contribution in [3.8, 4) is 11.5 Å². The van der Waals surface area contributed by atoms with Gasteiger partial charge in [-0.05, 0) is 25.8 Å². The molecular formula is C15H20N2O3. The van der Waals surface area contributed by atoms with Gasteiger partial charge in [0, 0.05) is 12.1 Å². The van der Waals surface area contributed by atoms with Crippen LogP contribution in [0.5, 0.6) is 11.5 Å². The molecule has 0 bridgehead atoms. The van der Waals surface area contributed by atoms with Gasteiger partial charge in [-0.1, -0.05) is 18.6 Å². The van der Waals surface area contributed by atoms with Gasteiger partial charge in [0.25, 0.3) is 0 Å². The number of carbonyl (C=O) groups is 1. The topological polar surface area (TPSA) is 61.8 Å². The summed E-state index contributed by atoms with van der Waals surface area (Å²) in [5.41, 5.74) is 0.716. The number of rotatable bonds is 3. The number of nitrogens with one attached hydrogen (secondary N) is 1. The molecule has 5 heteroatoms. The van der Waals surface area contributed by atoms with E-state index in [1.807, 2.05) is 19.1 Å². The van der Waals surface area contributed by atoms with Crippen molar-refractivity contribution in [2.45, 2.75) is 38.4 Å². The molecule has 5 nitrogen and oxygen atoms in total. The highest BCUT2D eigenvalue weighted by Gasteiger charge is 2.42. The summed E-state index contributed by atoms with van der Waals surface area (Å²) in [6.07, 6.45) is 2.84. The highest BCUT2D eigenvalue weighted by Crippen LogP contribution is 2.39. The van der Waals surface area contributed by atoms with E-state index in [9.17, 15) is 9.90 Å². The molecule has 1 aromatic rings. The van der Waals surface area contributed by atoms with Crippen molar-refractivity contribution in [1.82, 2.24) is 10.2 Å². The molecule has 2 aliphatic rings. The number of nitrogens with zero attached hydrogens (tertiary/aromatic N) is 1. The number of hydrogen-bond acceptors (Lipinski definition) is 4. The van der Waals surface area contributed by atoms with Crippen LogP contribution in [0.4, 0.5) is 0 Å². The first kappa shape index (κ1) is 13.2. The van der Waals surface area contributed by atoms with Gasteiger partial charge in [0.05, 0.1) is 12.6 Å². The summed E-state index contributed by atoms with van der Waals surface area (Å²) in [5, 5.41) is 13.3. The molecule has 0 unspecified atom stereocenters.